The number of hydrogen-bond donors (Lipinski definition) is 0. The van der Waals surface area contributed by atoms with Crippen LogP contribution < -0.4 is 9.80 Å². The Morgan fingerprint density at radius 1 is 0.667 bits per heavy atom. The van der Waals surface area contributed by atoms with E-state index < -0.39 is 0 Å². The Balaban J connectivity index is 1.84. The van der Waals surface area contributed by atoms with Crippen molar-refractivity contribution >= 4 is 23.5 Å². The Morgan fingerprint density at radius 2 is 1.11 bits per heavy atom. The van der Waals surface area contributed by atoms with Gasteiger partial charge in [-0.3, -0.25) is 0 Å². The highest BCUT2D eigenvalue weighted by Crippen LogP contribution is 2.22. The lowest BCUT2D eigenvalue weighted by Gasteiger charge is -2.27. The Hall–Kier alpha value is -1.10. The Labute approximate surface area is 112 Å². The van der Waals surface area contributed by atoms with E-state index in [0.717, 1.165) is 38.1 Å². The molecule has 1 aromatic rings. The van der Waals surface area contributed by atoms with E-state index in [1.807, 2.05) is 0 Å². The summed E-state index contributed by atoms with van der Waals surface area (Å²) < 4.78 is 0. The minimum Gasteiger partial charge on any atom is -0.341 e. The molecule has 0 unspecified atom stereocenters. The number of nitrogens with zero attached hydrogens (tertiary/aromatic N) is 5. The van der Waals surface area contributed by atoms with E-state index in [-0.39, 0.29) is 0 Å². The molecule has 6 heteroatoms. The molecule has 2 saturated heterocycles. The fourth-order valence-corrected chi connectivity index (χ4v) is 2.77. The Morgan fingerprint density at radius 3 is 1.61 bits per heavy atom. The van der Waals surface area contributed by atoms with E-state index >= 15 is 0 Å². The number of rotatable bonds is 2. The number of hydrogen-bond acceptors (Lipinski definition) is 5. The van der Waals surface area contributed by atoms with Crippen LogP contribution in [0.5, 0.6) is 0 Å². The molecular formula is C12H18ClN5. The maximum absolute atomic E-state index is 6.03. The minimum atomic E-state index is 0.312. The van der Waals surface area contributed by atoms with Crippen LogP contribution >= 0.6 is 11.6 Å². The Kier molecular flexibility index (Phi) is 3.50. The maximum atomic E-state index is 6.03. The van der Waals surface area contributed by atoms with E-state index in [4.69, 9.17) is 11.6 Å². The summed E-state index contributed by atoms with van der Waals surface area (Å²) in [6.45, 7) is 4.11. The molecule has 98 valence electrons. The molecule has 0 amide bonds. The molecule has 5 nitrogen and oxygen atoms in total. The molecule has 3 rings (SSSR count). The van der Waals surface area contributed by atoms with E-state index in [2.05, 4.69) is 24.8 Å². The van der Waals surface area contributed by atoms with Gasteiger partial charge in [-0.15, -0.1) is 0 Å². The molecule has 3 heterocycles. The molecule has 2 aliphatic heterocycles. The van der Waals surface area contributed by atoms with Gasteiger partial charge in [0, 0.05) is 26.2 Å². The van der Waals surface area contributed by atoms with Crippen molar-refractivity contribution in [1.29, 1.82) is 0 Å². The van der Waals surface area contributed by atoms with Crippen molar-refractivity contribution in [2.45, 2.75) is 32.1 Å². The first-order chi connectivity index (χ1) is 8.83. The van der Waals surface area contributed by atoms with E-state index in [0.29, 0.717) is 5.28 Å². The summed E-state index contributed by atoms with van der Waals surface area (Å²) in [6, 6.07) is 0. The zero-order valence-corrected chi connectivity index (χ0v) is 11.2. The van der Waals surface area contributed by atoms with Gasteiger partial charge >= 0.3 is 0 Å². The normalized spacial score (nSPS) is 20.5. The lowest BCUT2D eigenvalue weighted by molar-refractivity contribution is 0.567. The average molecular weight is 268 g/mol. The standard InChI is InChI=1S/C12H18ClN5/c13-10-14-11(17-6-2-1-3-7-17)16-12(15-10)18-8-4-5-9-18/h1-9H2. The van der Waals surface area contributed by atoms with Crippen LogP contribution in [0, 0.1) is 0 Å². The fraction of sp³-hybridized carbons (Fsp3) is 0.750. The Bertz CT molecular complexity index is 413. The fourth-order valence-electron chi connectivity index (χ4n) is 2.62. The zero-order chi connectivity index (χ0) is 12.4. The molecule has 0 bridgehead atoms. The second-order valence-electron chi connectivity index (χ2n) is 4.95. The molecule has 0 atom stereocenters. The van der Waals surface area contributed by atoms with Crippen LogP contribution in [-0.2, 0) is 0 Å². The van der Waals surface area contributed by atoms with Crippen molar-refractivity contribution < 1.29 is 0 Å². The second-order valence-corrected chi connectivity index (χ2v) is 5.28. The van der Waals surface area contributed by atoms with Gasteiger partial charge in [-0.2, -0.15) is 15.0 Å². The monoisotopic (exact) mass is 267 g/mol. The molecule has 2 fully saturated rings. The summed E-state index contributed by atoms with van der Waals surface area (Å²) >= 11 is 6.03. The summed E-state index contributed by atoms with van der Waals surface area (Å²) in [5.74, 6) is 1.49. The summed E-state index contributed by atoms with van der Waals surface area (Å²) in [5.41, 5.74) is 0. The third-order valence-electron chi connectivity index (χ3n) is 3.61. The van der Waals surface area contributed by atoms with Gasteiger partial charge in [0.1, 0.15) is 0 Å². The van der Waals surface area contributed by atoms with E-state index in [9.17, 15) is 0 Å². The SMILES string of the molecule is Clc1nc(N2CCCCC2)nc(N2CCCC2)n1. The van der Waals surface area contributed by atoms with Crippen LogP contribution in [0.3, 0.4) is 0 Å². The molecule has 0 N–H and O–H groups in total. The van der Waals surface area contributed by atoms with Gasteiger partial charge in [-0.05, 0) is 43.7 Å². The summed E-state index contributed by atoms with van der Waals surface area (Å²) in [6.07, 6.45) is 6.14. The second kappa shape index (κ2) is 5.26. The molecule has 0 radical (unpaired) electrons. The van der Waals surface area contributed by atoms with Gasteiger partial charge < -0.3 is 9.80 Å². The van der Waals surface area contributed by atoms with Crippen LogP contribution in [0.2, 0.25) is 5.28 Å². The van der Waals surface area contributed by atoms with Crippen molar-refractivity contribution in [3.8, 4) is 0 Å². The molecule has 0 spiro atoms. The lowest BCUT2D eigenvalue weighted by atomic mass is 10.1. The van der Waals surface area contributed by atoms with Crippen molar-refractivity contribution in [2.24, 2.45) is 0 Å². The number of halogens is 1. The predicted molar refractivity (Wildman–Crippen MR) is 72.3 cm³/mol. The molecule has 1 aromatic heterocycles. The smallest absolute Gasteiger partial charge is 0.231 e. The first-order valence-corrected chi connectivity index (χ1v) is 7.12. The van der Waals surface area contributed by atoms with Gasteiger partial charge in [-0.1, -0.05) is 0 Å². The van der Waals surface area contributed by atoms with Crippen molar-refractivity contribution in [1.82, 2.24) is 15.0 Å². The van der Waals surface area contributed by atoms with Crippen molar-refractivity contribution in [3.63, 3.8) is 0 Å². The van der Waals surface area contributed by atoms with E-state index in [1.54, 1.807) is 0 Å². The van der Waals surface area contributed by atoms with Gasteiger partial charge in [-0.25, -0.2) is 0 Å². The van der Waals surface area contributed by atoms with Gasteiger partial charge in [0.05, 0.1) is 0 Å². The number of piperidine rings is 1. The van der Waals surface area contributed by atoms with Crippen molar-refractivity contribution in [2.75, 3.05) is 36.0 Å². The molecular weight excluding hydrogens is 250 g/mol. The molecule has 18 heavy (non-hydrogen) atoms. The van der Waals surface area contributed by atoms with Gasteiger partial charge in [0.25, 0.3) is 0 Å². The molecule has 0 saturated carbocycles. The first-order valence-electron chi connectivity index (χ1n) is 6.74. The third-order valence-corrected chi connectivity index (χ3v) is 3.78. The largest absolute Gasteiger partial charge is 0.341 e. The summed E-state index contributed by atoms with van der Waals surface area (Å²) in [4.78, 5) is 17.5. The zero-order valence-electron chi connectivity index (χ0n) is 10.5. The van der Waals surface area contributed by atoms with E-state index in [1.165, 1.54) is 32.1 Å². The summed E-state index contributed by atoms with van der Waals surface area (Å²) in [5, 5.41) is 0.312. The van der Waals surface area contributed by atoms with Crippen molar-refractivity contribution in [3.05, 3.63) is 5.28 Å². The highest BCUT2D eigenvalue weighted by molar-refractivity contribution is 6.28. The lowest BCUT2D eigenvalue weighted by Crippen LogP contribution is -2.32. The first kappa shape index (κ1) is 12.0. The highest BCUT2D eigenvalue weighted by atomic mass is 35.5. The van der Waals surface area contributed by atoms with Gasteiger partial charge in [0.15, 0.2) is 0 Å². The van der Waals surface area contributed by atoms with Crippen LogP contribution in [0.4, 0.5) is 11.9 Å². The highest BCUT2D eigenvalue weighted by Gasteiger charge is 2.20. The third kappa shape index (κ3) is 2.51. The summed E-state index contributed by atoms with van der Waals surface area (Å²) in [7, 11) is 0. The quantitative estimate of drug-likeness (QED) is 0.821. The molecule has 0 aromatic carbocycles. The van der Waals surface area contributed by atoms with Crippen LogP contribution in [0.1, 0.15) is 32.1 Å². The maximum Gasteiger partial charge on any atom is 0.231 e. The number of anilines is 2. The predicted octanol–water partition coefficient (Wildman–Crippen LogP) is 2.12. The van der Waals surface area contributed by atoms with Crippen LogP contribution in [0.25, 0.3) is 0 Å². The number of aromatic nitrogens is 3. The average Bonchev–Trinajstić information content (AvgIpc) is 2.93. The molecule has 0 aliphatic carbocycles. The van der Waals surface area contributed by atoms with Gasteiger partial charge in [0.2, 0.25) is 17.2 Å². The van der Waals surface area contributed by atoms with Crippen LogP contribution in [0.15, 0.2) is 0 Å². The minimum absolute atomic E-state index is 0.312. The van der Waals surface area contributed by atoms with Crippen LogP contribution in [-0.4, -0.2) is 41.1 Å². The molecule has 2 aliphatic rings. The topological polar surface area (TPSA) is 45.2 Å².